The molecule has 1 saturated heterocycles. The third-order valence-corrected chi connectivity index (χ3v) is 11.9. The van der Waals surface area contributed by atoms with Crippen molar-refractivity contribution in [2.75, 3.05) is 29.9 Å². The van der Waals surface area contributed by atoms with Crippen molar-refractivity contribution >= 4 is 42.7 Å². The van der Waals surface area contributed by atoms with E-state index in [4.69, 9.17) is 9.40 Å². The van der Waals surface area contributed by atoms with E-state index in [1.54, 1.807) is 7.05 Å². The van der Waals surface area contributed by atoms with E-state index < -0.39 is 25.1 Å². The average molecular weight is 586 g/mol. The van der Waals surface area contributed by atoms with Gasteiger partial charge in [0.25, 0.3) is 5.91 Å². The number of nitrogens with zero attached hydrogens (tertiary/aromatic N) is 2. The van der Waals surface area contributed by atoms with Gasteiger partial charge in [-0.15, -0.1) is 0 Å². The number of fused-ring (bicyclic) bond motifs is 1. The second-order valence-electron chi connectivity index (χ2n) is 11.4. The summed E-state index contributed by atoms with van der Waals surface area (Å²) in [7, 11) is -5.26. The van der Waals surface area contributed by atoms with Gasteiger partial charge >= 0.3 is 0 Å². The van der Waals surface area contributed by atoms with Gasteiger partial charge in [-0.3, -0.25) is 9.10 Å². The summed E-state index contributed by atoms with van der Waals surface area (Å²) in [5, 5.41) is 2.85. The Morgan fingerprint density at radius 2 is 1.80 bits per heavy atom. The monoisotopic (exact) mass is 585 g/mol. The molecule has 3 heterocycles. The second kappa shape index (κ2) is 10.2. The molecular formula is C29H35N3O6S2. The van der Waals surface area contributed by atoms with Crippen LogP contribution in [0.15, 0.2) is 34.7 Å². The number of hydrogen-bond donors (Lipinski definition) is 1. The number of pyridine rings is 1. The molecule has 1 aliphatic heterocycles. The van der Waals surface area contributed by atoms with Crippen molar-refractivity contribution in [3.8, 4) is 11.3 Å². The molecule has 11 heteroatoms. The van der Waals surface area contributed by atoms with Crippen molar-refractivity contribution in [3.05, 3.63) is 47.0 Å². The highest BCUT2D eigenvalue weighted by atomic mass is 32.2. The maximum atomic E-state index is 13.1. The van der Waals surface area contributed by atoms with Gasteiger partial charge in [-0.05, 0) is 80.4 Å². The van der Waals surface area contributed by atoms with E-state index in [1.807, 2.05) is 18.2 Å². The molecule has 0 bridgehead atoms. The van der Waals surface area contributed by atoms with Crippen LogP contribution < -0.4 is 9.62 Å². The standard InChI is InChI=1S/C29H35N3O6S2/c1-30-28(33)25-24-17-23(20-11-12-20)27(32(39(2,34)35)15-3-5-22-6-4-16-40(22,36)37)31-29(24)38-26(25)21-13-9-19(10-14-21)18-7-8-18/h9-10,13-14,17-18,20,22H,3-8,11-12,15-16H2,1-2H3,(H,30,33). The summed E-state index contributed by atoms with van der Waals surface area (Å²) in [6.07, 6.45) is 7.44. The Kier molecular flexibility index (Phi) is 6.93. The molecule has 0 spiro atoms. The number of sulfone groups is 1. The quantitative estimate of drug-likeness (QED) is 0.364. The zero-order chi connectivity index (χ0) is 28.2. The first-order valence-corrected chi connectivity index (χ1v) is 17.6. The van der Waals surface area contributed by atoms with Crippen molar-refractivity contribution in [1.82, 2.24) is 10.3 Å². The molecule has 3 aromatic rings. The summed E-state index contributed by atoms with van der Waals surface area (Å²) in [4.78, 5) is 17.9. The smallest absolute Gasteiger partial charge is 0.255 e. The van der Waals surface area contributed by atoms with E-state index in [9.17, 15) is 21.6 Å². The number of anilines is 1. The lowest BCUT2D eigenvalue weighted by atomic mass is 10.0. The SMILES string of the molecule is CNC(=O)c1c(-c2ccc(C3CC3)cc2)oc2nc(N(CCCC3CCCS3(=O)=O)S(C)(=O)=O)c(C3CC3)cc12. The molecule has 2 aliphatic carbocycles. The lowest BCUT2D eigenvalue weighted by molar-refractivity contribution is 0.0964. The van der Waals surface area contributed by atoms with Crippen molar-refractivity contribution in [3.63, 3.8) is 0 Å². The Hall–Kier alpha value is -2.92. The van der Waals surface area contributed by atoms with Crippen LogP contribution in [0.2, 0.25) is 0 Å². The molecule has 9 nitrogen and oxygen atoms in total. The fraction of sp³-hybridized carbons (Fsp3) is 0.517. The predicted molar refractivity (Wildman–Crippen MR) is 155 cm³/mol. The van der Waals surface area contributed by atoms with E-state index in [2.05, 4.69) is 17.4 Å². The number of benzene rings is 1. The van der Waals surface area contributed by atoms with Crippen molar-refractivity contribution in [2.45, 2.75) is 68.5 Å². The Labute approximate surface area is 235 Å². The predicted octanol–water partition coefficient (Wildman–Crippen LogP) is 4.73. The van der Waals surface area contributed by atoms with Crippen LogP contribution in [0, 0.1) is 0 Å². The molecule has 1 atom stereocenters. The van der Waals surface area contributed by atoms with Crippen molar-refractivity contribution in [1.29, 1.82) is 0 Å². The minimum Gasteiger partial charge on any atom is -0.437 e. The number of carbonyl (C=O) groups excluding carboxylic acids is 1. The lowest BCUT2D eigenvalue weighted by Crippen LogP contribution is -2.33. The molecule has 6 rings (SSSR count). The second-order valence-corrected chi connectivity index (χ2v) is 15.7. The maximum Gasteiger partial charge on any atom is 0.255 e. The Morgan fingerprint density at radius 3 is 2.38 bits per heavy atom. The molecule has 2 aromatic heterocycles. The zero-order valence-electron chi connectivity index (χ0n) is 22.9. The molecule has 0 radical (unpaired) electrons. The van der Waals surface area contributed by atoms with E-state index in [0.29, 0.717) is 54.1 Å². The fourth-order valence-electron chi connectivity index (χ4n) is 5.87. The van der Waals surface area contributed by atoms with Gasteiger partial charge in [0.05, 0.1) is 28.2 Å². The molecule has 1 amide bonds. The molecule has 1 unspecified atom stereocenters. The first kappa shape index (κ1) is 27.3. The number of rotatable bonds is 10. The molecule has 40 heavy (non-hydrogen) atoms. The van der Waals surface area contributed by atoms with E-state index in [-0.39, 0.29) is 29.8 Å². The highest BCUT2D eigenvalue weighted by Crippen LogP contribution is 2.47. The van der Waals surface area contributed by atoms with E-state index in [0.717, 1.165) is 30.2 Å². The summed E-state index contributed by atoms with van der Waals surface area (Å²) in [6.45, 7) is 0.127. The van der Waals surface area contributed by atoms with Crippen LogP contribution in [0.4, 0.5) is 5.82 Å². The number of carbonyl (C=O) groups is 1. The molecule has 3 aliphatic rings. The topological polar surface area (TPSA) is 127 Å². The highest BCUT2D eigenvalue weighted by Gasteiger charge is 2.35. The van der Waals surface area contributed by atoms with Crippen LogP contribution in [-0.2, 0) is 19.9 Å². The summed E-state index contributed by atoms with van der Waals surface area (Å²) in [5.74, 6) is 1.35. The van der Waals surface area contributed by atoms with Crippen LogP contribution in [-0.4, -0.2) is 58.6 Å². The van der Waals surface area contributed by atoms with Crippen LogP contribution in [0.25, 0.3) is 22.4 Å². The number of furan rings is 1. The van der Waals surface area contributed by atoms with Gasteiger partial charge in [0.15, 0.2) is 9.84 Å². The van der Waals surface area contributed by atoms with Gasteiger partial charge in [-0.25, -0.2) is 16.8 Å². The zero-order valence-corrected chi connectivity index (χ0v) is 24.5. The average Bonchev–Trinajstić information content (AvgIpc) is 3.85. The fourth-order valence-corrected chi connectivity index (χ4v) is 8.75. The van der Waals surface area contributed by atoms with Gasteiger partial charge in [0.2, 0.25) is 15.7 Å². The molecular weight excluding hydrogens is 550 g/mol. The van der Waals surface area contributed by atoms with Crippen LogP contribution in [0.1, 0.15) is 84.7 Å². The molecule has 3 fully saturated rings. The minimum absolute atomic E-state index is 0.127. The third-order valence-electron chi connectivity index (χ3n) is 8.37. The Bertz CT molecular complexity index is 1670. The Morgan fingerprint density at radius 1 is 1.10 bits per heavy atom. The number of nitrogens with one attached hydrogen (secondary N) is 1. The molecule has 1 N–H and O–H groups in total. The Balaban J connectivity index is 1.41. The van der Waals surface area contributed by atoms with Gasteiger partial charge in [-0.2, -0.15) is 4.98 Å². The van der Waals surface area contributed by atoms with Gasteiger partial charge in [0.1, 0.15) is 11.6 Å². The van der Waals surface area contributed by atoms with Gasteiger partial charge in [-0.1, -0.05) is 24.3 Å². The summed E-state index contributed by atoms with van der Waals surface area (Å²) >= 11 is 0. The normalized spacial score (nSPS) is 20.6. The first-order chi connectivity index (χ1) is 19.1. The van der Waals surface area contributed by atoms with Crippen molar-refractivity contribution in [2.24, 2.45) is 0 Å². The first-order valence-electron chi connectivity index (χ1n) is 14.1. The van der Waals surface area contributed by atoms with Crippen LogP contribution >= 0.6 is 0 Å². The van der Waals surface area contributed by atoms with Gasteiger partial charge < -0.3 is 9.73 Å². The number of amides is 1. The van der Waals surface area contributed by atoms with Crippen LogP contribution in [0.3, 0.4) is 0 Å². The molecule has 1 aromatic carbocycles. The summed E-state index contributed by atoms with van der Waals surface area (Å²) in [6, 6.07) is 9.92. The maximum absolute atomic E-state index is 13.1. The van der Waals surface area contributed by atoms with Crippen molar-refractivity contribution < 1.29 is 26.0 Å². The minimum atomic E-state index is -3.72. The largest absolute Gasteiger partial charge is 0.437 e. The highest BCUT2D eigenvalue weighted by molar-refractivity contribution is 7.92. The molecule has 214 valence electrons. The van der Waals surface area contributed by atoms with Crippen LogP contribution in [0.5, 0.6) is 0 Å². The van der Waals surface area contributed by atoms with E-state index in [1.165, 1.54) is 22.7 Å². The summed E-state index contributed by atoms with van der Waals surface area (Å²) < 4.78 is 58.2. The number of hydrogen-bond acceptors (Lipinski definition) is 7. The molecule has 2 saturated carbocycles. The van der Waals surface area contributed by atoms with E-state index >= 15 is 0 Å². The number of aromatic nitrogens is 1. The third kappa shape index (κ3) is 5.25. The lowest BCUT2D eigenvalue weighted by Gasteiger charge is -2.24. The van der Waals surface area contributed by atoms with Gasteiger partial charge in [0, 0.05) is 19.2 Å². The summed E-state index contributed by atoms with van der Waals surface area (Å²) in [5.41, 5.74) is 3.38. The number of sulfonamides is 1.